The SMILES string of the molecule is CC(C1CCN(CCOc2ccccc2)CC1)N(C)[C@@H](c1ccc(Cl)cc1)c1ccccn1. The summed E-state index contributed by atoms with van der Waals surface area (Å²) in [5.41, 5.74) is 2.30. The number of aromatic nitrogens is 1. The summed E-state index contributed by atoms with van der Waals surface area (Å²) in [5.74, 6) is 1.60. The molecule has 0 radical (unpaired) electrons. The topological polar surface area (TPSA) is 28.6 Å². The molecule has 174 valence electrons. The number of piperidine rings is 1. The van der Waals surface area contributed by atoms with Gasteiger partial charge in [-0.25, -0.2) is 0 Å². The lowest BCUT2D eigenvalue weighted by molar-refractivity contribution is 0.0881. The van der Waals surface area contributed by atoms with E-state index in [1.54, 1.807) is 0 Å². The molecular weight excluding hydrogens is 430 g/mol. The number of halogens is 1. The zero-order valence-corrected chi connectivity index (χ0v) is 20.4. The van der Waals surface area contributed by atoms with Gasteiger partial charge in [0.15, 0.2) is 0 Å². The normalized spacial score (nSPS) is 17.1. The molecule has 0 amide bonds. The third-order valence-electron chi connectivity index (χ3n) is 6.94. The second-order valence-electron chi connectivity index (χ2n) is 8.96. The summed E-state index contributed by atoms with van der Waals surface area (Å²) >= 11 is 6.17. The van der Waals surface area contributed by atoms with Crippen LogP contribution in [0.3, 0.4) is 0 Å². The van der Waals surface area contributed by atoms with Gasteiger partial charge in [0.25, 0.3) is 0 Å². The van der Waals surface area contributed by atoms with Crippen molar-refractivity contribution < 1.29 is 4.74 Å². The lowest BCUT2D eigenvalue weighted by Crippen LogP contribution is -2.45. The van der Waals surface area contributed by atoms with Crippen molar-refractivity contribution in [2.24, 2.45) is 5.92 Å². The van der Waals surface area contributed by atoms with Crippen molar-refractivity contribution in [3.8, 4) is 5.75 Å². The number of rotatable bonds is 9. The average molecular weight is 464 g/mol. The maximum atomic E-state index is 6.17. The van der Waals surface area contributed by atoms with E-state index in [0.29, 0.717) is 12.0 Å². The Balaban J connectivity index is 1.35. The predicted molar refractivity (Wildman–Crippen MR) is 136 cm³/mol. The van der Waals surface area contributed by atoms with Gasteiger partial charge in [0.1, 0.15) is 12.4 Å². The van der Waals surface area contributed by atoms with Crippen molar-refractivity contribution >= 4 is 11.6 Å². The lowest BCUT2D eigenvalue weighted by atomic mass is 9.87. The molecule has 1 aromatic heterocycles. The van der Waals surface area contributed by atoms with Crippen LogP contribution in [0.2, 0.25) is 5.02 Å². The molecule has 1 unspecified atom stereocenters. The molecule has 5 heteroatoms. The van der Waals surface area contributed by atoms with Gasteiger partial charge in [0.2, 0.25) is 0 Å². The molecule has 2 atom stereocenters. The van der Waals surface area contributed by atoms with Crippen LogP contribution in [0, 0.1) is 5.92 Å². The minimum Gasteiger partial charge on any atom is -0.492 e. The molecule has 2 heterocycles. The molecule has 0 bridgehead atoms. The smallest absolute Gasteiger partial charge is 0.119 e. The van der Waals surface area contributed by atoms with Gasteiger partial charge in [-0.05, 0) is 87.8 Å². The Labute approximate surface area is 203 Å². The molecule has 4 rings (SSSR count). The third-order valence-corrected chi connectivity index (χ3v) is 7.19. The molecule has 4 nitrogen and oxygen atoms in total. The van der Waals surface area contributed by atoms with Crippen molar-refractivity contribution in [1.29, 1.82) is 0 Å². The van der Waals surface area contributed by atoms with Gasteiger partial charge in [-0.1, -0.05) is 48.0 Å². The Bertz CT molecular complexity index is 959. The fourth-order valence-corrected chi connectivity index (χ4v) is 4.96. The average Bonchev–Trinajstić information content (AvgIpc) is 2.86. The third kappa shape index (κ3) is 6.35. The second kappa shape index (κ2) is 11.6. The molecular formula is C28H34ClN3O. The second-order valence-corrected chi connectivity index (χ2v) is 9.39. The Morgan fingerprint density at radius 2 is 1.70 bits per heavy atom. The van der Waals surface area contributed by atoms with Gasteiger partial charge >= 0.3 is 0 Å². The number of hydrogen-bond acceptors (Lipinski definition) is 4. The first-order valence-corrected chi connectivity index (χ1v) is 12.3. The highest BCUT2D eigenvalue weighted by Gasteiger charge is 2.31. The molecule has 2 aromatic carbocycles. The number of para-hydroxylation sites is 1. The number of nitrogens with zero attached hydrogens (tertiary/aromatic N) is 3. The molecule has 1 aliphatic rings. The highest BCUT2D eigenvalue weighted by Crippen LogP contribution is 2.33. The van der Waals surface area contributed by atoms with E-state index < -0.39 is 0 Å². The Morgan fingerprint density at radius 3 is 2.36 bits per heavy atom. The fourth-order valence-electron chi connectivity index (χ4n) is 4.83. The van der Waals surface area contributed by atoms with Crippen LogP contribution in [0.5, 0.6) is 5.75 Å². The molecule has 0 aliphatic carbocycles. The van der Waals surface area contributed by atoms with Gasteiger partial charge in [0.05, 0.1) is 11.7 Å². The van der Waals surface area contributed by atoms with Crippen LogP contribution < -0.4 is 4.74 Å². The van der Waals surface area contributed by atoms with E-state index in [9.17, 15) is 0 Å². The first-order chi connectivity index (χ1) is 16.1. The largest absolute Gasteiger partial charge is 0.492 e. The number of ether oxygens (including phenoxy) is 1. The van der Waals surface area contributed by atoms with Gasteiger partial charge in [0, 0.05) is 23.8 Å². The van der Waals surface area contributed by atoms with E-state index in [1.165, 1.54) is 18.4 Å². The van der Waals surface area contributed by atoms with Crippen LogP contribution in [0.15, 0.2) is 79.0 Å². The van der Waals surface area contributed by atoms with Crippen LogP contribution in [0.1, 0.15) is 37.1 Å². The van der Waals surface area contributed by atoms with Crippen LogP contribution in [-0.4, -0.2) is 54.1 Å². The molecule has 0 spiro atoms. The summed E-state index contributed by atoms with van der Waals surface area (Å²) in [6.07, 6.45) is 4.28. The van der Waals surface area contributed by atoms with Crippen LogP contribution >= 0.6 is 11.6 Å². The van der Waals surface area contributed by atoms with E-state index in [1.807, 2.05) is 54.7 Å². The maximum absolute atomic E-state index is 6.17. The summed E-state index contributed by atoms with van der Waals surface area (Å²) in [7, 11) is 2.23. The zero-order chi connectivity index (χ0) is 23.0. The van der Waals surface area contributed by atoms with Gasteiger partial charge in [-0.3, -0.25) is 14.8 Å². The minimum absolute atomic E-state index is 0.107. The molecule has 3 aromatic rings. The van der Waals surface area contributed by atoms with Crippen molar-refractivity contribution in [3.63, 3.8) is 0 Å². The molecule has 0 saturated carbocycles. The molecule has 1 fully saturated rings. The first kappa shape index (κ1) is 23.7. The highest BCUT2D eigenvalue weighted by molar-refractivity contribution is 6.30. The maximum Gasteiger partial charge on any atom is 0.119 e. The Hall–Kier alpha value is -2.40. The number of hydrogen-bond donors (Lipinski definition) is 0. The summed E-state index contributed by atoms with van der Waals surface area (Å²) in [6.45, 7) is 6.33. The van der Waals surface area contributed by atoms with E-state index >= 15 is 0 Å². The van der Waals surface area contributed by atoms with E-state index in [-0.39, 0.29) is 6.04 Å². The monoisotopic (exact) mass is 463 g/mol. The van der Waals surface area contributed by atoms with Crippen LogP contribution in [-0.2, 0) is 0 Å². The van der Waals surface area contributed by atoms with Crippen molar-refractivity contribution in [1.82, 2.24) is 14.8 Å². The number of pyridine rings is 1. The number of benzene rings is 2. The Morgan fingerprint density at radius 1 is 1.00 bits per heavy atom. The summed E-state index contributed by atoms with van der Waals surface area (Å²) in [5, 5.41) is 0.762. The summed E-state index contributed by atoms with van der Waals surface area (Å²) in [4.78, 5) is 9.72. The number of likely N-dealkylation sites (tertiary alicyclic amines) is 1. The minimum atomic E-state index is 0.107. The van der Waals surface area contributed by atoms with E-state index in [0.717, 1.165) is 42.7 Å². The van der Waals surface area contributed by atoms with Gasteiger partial charge < -0.3 is 4.74 Å². The van der Waals surface area contributed by atoms with Crippen LogP contribution in [0.25, 0.3) is 0 Å². The van der Waals surface area contributed by atoms with Crippen molar-refractivity contribution in [2.75, 3.05) is 33.3 Å². The quantitative estimate of drug-likeness (QED) is 0.393. The Kier molecular flexibility index (Phi) is 8.38. The summed E-state index contributed by atoms with van der Waals surface area (Å²) < 4.78 is 5.89. The lowest BCUT2D eigenvalue weighted by Gasteiger charge is -2.41. The van der Waals surface area contributed by atoms with Crippen LogP contribution in [0.4, 0.5) is 0 Å². The zero-order valence-electron chi connectivity index (χ0n) is 19.6. The predicted octanol–water partition coefficient (Wildman–Crippen LogP) is 5.94. The van der Waals surface area contributed by atoms with Crippen molar-refractivity contribution in [2.45, 2.75) is 31.8 Å². The standard InChI is InChI=1S/C28H34ClN3O/c1-22(23-15-18-32(19-16-23)20-21-33-26-8-4-3-5-9-26)31(2)28(27-10-6-7-17-30-27)24-11-13-25(29)14-12-24/h3-14,17,22-23,28H,15-16,18-21H2,1-2H3/t22?,28-/m0/s1. The molecule has 1 aliphatic heterocycles. The molecule has 33 heavy (non-hydrogen) atoms. The first-order valence-electron chi connectivity index (χ1n) is 11.9. The fraction of sp³-hybridized carbons (Fsp3) is 0.393. The van der Waals surface area contributed by atoms with E-state index in [4.69, 9.17) is 21.3 Å². The summed E-state index contributed by atoms with van der Waals surface area (Å²) in [6, 6.07) is 25.0. The highest BCUT2D eigenvalue weighted by atomic mass is 35.5. The van der Waals surface area contributed by atoms with E-state index in [2.05, 4.69) is 48.0 Å². The van der Waals surface area contributed by atoms with Crippen molar-refractivity contribution in [3.05, 3.63) is 95.3 Å². The molecule has 1 saturated heterocycles. The molecule has 0 N–H and O–H groups in total. The van der Waals surface area contributed by atoms with Gasteiger partial charge in [-0.2, -0.15) is 0 Å². The van der Waals surface area contributed by atoms with Gasteiger partial charge in [-0.15, -0.1) is 0 Å².